The fourth-order valence-electron chi connectivity index (χ4n) is 7.67. The van der Waals surface area contributed by atoms with Crippen LogP contribution >= 0.6 is 0 Å². The molecule has 0 unspecified atom stereocenters. The van der Waals surface area contributed by atoms with Gasteiger partial charge in [-0.05, 0) is 100 Å². The van der Waals surface area contributed by atoms with Crippen LogP contribution in [0.25, 0.3) is 94.4 Å². The summed E-state index contributed by atoms with van der Waals surface area (Å²) < 4.78 is 29.9. The molecule has 0 aromatic heterocycles. The van der Waals surface area contributed by atoms with Crippen molar-refractivity contribution in [2.24, 2.45) is 0 Å². The van der Waals surface area contributed by atoms with Crippen molar-refractivity contribution in [3.63, 3.8) is 0 Å². The molecule has 0 aliphatic heterocycles. The molecule has 0 fully saturated rings. The zero-order valence-corrected chi connectivity index (χ0v) is 26.0. The molecule has 0 bridgehead atoms. The second-order valence-corrected chi connectivity index (χ2v) is 12.3. The molecule has 0 N–H and O–H groups in total. The van der Waals surface area contributed by atoms with E-state index in [4.69, 9.17) is 0 Å². The van der Waals surface area contributed by atoms with E-state index in [-0.39, 0.29) is 0 Å². The lowest BCUT2D eigenvalue weighted by Crippen LogP contribution is -1.93. The molecule has 2 heteroatoms. The van der Waals surface area contributed by atoms with Crippen LogP contribution in [0.3, 0.4) is 0 Å². The van der Waals surface area contributed by atoms with Crippen LogP contribution in [0.15, 0.2) is 158 Å². The molecule has 0 radical (unpaired) electrons. The number of rotatable bonds is 5. The first-order valence-corrected chi connectivity index (χ1v) is 16.1. The van der Waals surface area contributed by atoms with Gasteiger partial charge in [0.05, 0.1) is 0 Å². The van der Waals surface area contributed by atoms with E-state index in [0.29, 0.717) is 5.56 Å². The normalized spacial score (nSPS) is 11.6. The van der Waals surface area contributed by atoms with Gasteiger partial charge in [0, 0.05) is 11.6 Å². The number of hydrogen-bond acceptors (Lipinski definition) is 0. The summed E-state index contributed by atoms with van der Waals surface area (Å²) in [5.41, 5.74) is 13.3. The van der Waals surface area contributed by atoms with E-state index in [1.807, 2.05) is 36.4 Å². The summed E-state index contributed by atoms with van der Waals surface area (Å²) in [5, 5.41) is 4.37. The molecule has 0 saturated carbocycles. The maximum Gasteiger partial charge on any atom is 0.133 e. The lowest BCUT2D eigenvalue weighted by molar-refractivity contribution is 0.585. The molecule has 226 valence electrons. The van der Waals surface area contributed by atoms with Crippen molar-refractivity contribution < 1.29 is 8.78 Å². The molecular formula is C46H28F2. The standard InChI is InChI=1S/C46H28F2/c1-2-28-17-19-29(20-18-28)33-23-25-38-44-39(26-24-37(43(33)44)34-22-21-32(47)27-40(34)48)46-42(31-13-7-4-8-14-31)36-16-10-9-15-35(36)41(45(38)46)30-11-5-3-6-12-30/h2-27H,1H2. The summed E-state index contributed by atoms with van der Waals surface area (Å²) in [6.07, 6.45) is 1.83. The zero-order chi connectivity index (χ0) is 32.4. The number of benzene rings is 8. The Kier molecular flexibility index (Phi) is 6.45. The van der Waals surface area contributed by atoms with E-state index in [9.17, 15) is 4.39 Å². The van der Waals surface area contributed by atoms with Gasteiger partial charge in [-0.3, -0.25) is 0 Å². The summed E-state index contributed by atoms with van der Waals surface area (Å²) >= 11 is 0. The molecule has 1 aliphatic rings. The van der Waals surface area contributed by atoms with E-state index in [2.05, 4.69) is 110 Å². The predicted molar refractivity (Wildman–Crippen MR) is 198 cm³/mol. The van der Waals surface area contributed by atoms with Gasteiger partial charge >= 0.3 is 0 Å². The zero-order valence-electron chi connectivity index (χ0n) is 26.0. The number of fused-ring (bicyclic) bond motifs is 4. The van der Waals surface area contributed by atoms with Crippen molar-refractivity contribution in [3.05, 3.63) is 175 Å². The minimum Gasteiger partial charge on any atom is -0.207 e. The molecule has 0 saturated heterocycles. The summed E-state index contributed by atoms with van der Waals surface area (Å²) in [6, 6.07) is 50.5. The average Bonchev–Trinajstić information content (AvgIpc) is 3.46. The fraction of sp³-hybridized carbons (Fsp3) is 0. The lowest BCUT2D eigenvalue weighted by Gasteiger charge is -2.20. The van der Waals surface area contributed by atoms with Gasteiger partial charge in [-0.1, -0.05) is 146 Å². The molecule has 8 aromatic rings. The van der Waals surface area contributed by atoms with Crippen molar-refractivity contribution in [2.75, 3.05) is 0 Å². The van der Waals surface area contributed by atoms with Gasteiger partial charge in [-0.15, -0.1) is 0 Å². The van der Waals surface area contributed by atoms with Crippen molar-refractivity contribution in [2.45, 2.75) is 0 Å². The Labute approximate surface area is 277 Å². The van der Waals surface area contributed by atoms with Crippen molar-refractivity contribution in [3.8, 4) is 66.8 Å². The Balaban J connectivity index is 1.49. The van der Waals surface area contributed by atoms with Crippen LogP contribution in [-0.4, -0.2) is 0 Å². The molecule has 8 aromatic carbocycles. The monoisotopic (exact) mass is 618 g/mol. The molecule has 0 nitrogen and oxygen atoms in total. The number of hydrogen-bond donors (Lipinski definition) is 0. The Morgan fingerprint density at radius 1 is 0.396 bits per heavy atom. The van der Waals surface area contributed by atoms with Crippen molar-refractivity contribution >= 4 is 27.6 Å². The van der Waals surface area contributed by atoms with E-state index in [1.165, 1.54) is 39.1 Å². The smallest absolute Gasteiger partial charge is 0.133 e. The highest BCUT2D eigenvalue weighted by Gasteiger charge is 2.32. The Bertz CT molecular complexity index is 2470. The highest BCUT2D eigenvalue weighted by Crippen LogP contribution is 2.59. The largest absolute Gasteiger partial charge is 0.207 e. The van der Waals surface area contributed by atoms with Gasteiger partial charge in [-0.25, -0.2) is 8.78 Å². The van der Waals surface area contributed by atoms with Gasteiger partial charge in [0.1, 0.15) is 11.6 Å². The molecule has 0 spiro atoms. The summed E-state index contributed by atoms with van der Waals surface area (Å²) in [6.45, 7) is 3.93. The first kappa shape index (κ1) is 28.1. The number of halogens is 2. The van der Waals surface area contributed by atoms with Gasteiger partial charge in [0.2, 0.25) is 0 Å². The first-order chi connectivity index (χ1) is 23.6. The van der Waals surface area contributed by atoms with Gasteiger partial charge in [0.15, 0.2) is 0 Å². The predicted octanol–water partition coefficient (Wildman–Crippen LogP) is 13.2. The maximum absolute atomic E-state index is 15.7. The second-order valence-electron chi connectivity index (χ2n) is 12.3. The van der Waals surface area contributed by atoms with E-state index in [1.54, 1.807) is 6.07 Å². The van der Waals surface area contributed by atoms with Crippen LogP contribution in [-0.2, 0) is 0 Å². The highest BCUT2D eigenvalue weighted by atomic mass is 19.1. The molecule has 1 aliphatic carbocycles. The van der Waals surface area contributed by atoms with Crippen LogP contribution in [0.5, 0.6) is 0 Å². The summed E-state index contributed by atoms with van der Waals surface area (Å²) in [7, 11) is 0. The topological polar surface area (TPSA) is 0 Å². The quantitative estimate of drug-likeness (QED) is 0.180. The highest BCUT2D eigenvalue weighted by molar-refractivity contribution is 6.30. The molecule has 0 heterocycles. The third-order valence-electron chi connectivity index (χ3n) is 9.72. The third kappa shape index (κ3) is 4.19. The van der Waals surface area contributed by atoms with Crippen LogP contribution < -0.4 is 0 Å². The van der Waals surface area contributed by atoms with Crippen LogP contribution in [0.2, 0.25) is 0 Å². The Morgan fingerprint density at radius 2 is 0.875 bits per heavy atom. The Hall–Kier alpha value is -6.12. The van der Waals surface area contributed by atoms with Gasteiger partial charge < -0.3 is 0 Å². The van der Waals surface area contributed by atoms with E-state index >= 15 is 4.39 Å². The molecule has 9 rings (SSSR count). The van der Waals surface area contributed by atoms with E-state index < -0.39 is 11.6 Å². The minimum atomic E-state index is -0.596. The van der Waals surface area contributed by atoms with Crippen molar-refractivity contribution in [1.82, 2.24) is 0 Å². The van der Waals surface area contributed by atoms with Crippen molar-refractivity contribution in [1.29, 1.82) is 0 Å². The van der Waals surface area contributed by atoms with Crippen LogP contribution in [0.4, 0.5) is 8.78 Å². The average molecular weight is 619 g/mol. The van der Waals surface area contributed by atoms with Crippen LogP contribution in [0, 0.1) is 11.6 Å². The summed E-state index contributed by atoms with van der Waals surface area (Å²) in [4.78, 5) is 0. The molecular weight excluding hydrogens is 591 g/mol. The molecule has 48 heavy (non-hydrogen) atoms. The molecule has 0 amide bonds. The fourth-order valence-corrected chi connectivity index (χ4v) is 7.67. The SMILES string of the molecule is C=Cc1ccc(-c2ccc3c4c(ccc(-c5ccc(F)cc5F)c24)-c2c-3c(-c3ccccc3)c3ccccc3c2-c2ccccc2)cc1. The van der Waals surface area contributed by atoms with Crippen LogP contribution in [0.1, 0.15) is 5.56 Å². The lowest BCUT2D eigenvalue weighted by atomic mass is 9.82. The molecule has 0 atom stereocenters. The minimum absolute atomic E-state index is 0.372. The van der Waals surface area contributed by atoms with Gasteiger partial charge in [-0.2, -0.15) is 0 Å². The first-order valence-electron chi connectivity index (χ1n) is 16.1. The van der Waals surface area contributed by atoms with E-state index in [0.717, 1.165) is 61.3 Å². The summed E-state index contributed by atoms with van der Waals surface area (Å²) in [5.74, 6) is -1.18. The Morgan fingerprint density at radius 3 is 1.42 bits per heavy atom. The van der Waals surface area contributed by atoms with Gasteiger partial charge in [0.25, 0.3) is 0 Å². The maximum atomic E-state index is 15.7. The third-order valence-corrected chi connectivity index (χ3v) is 9.72. The second kappa shape index (κ2) is 11.0.